The molecule has 0 saturated heterocycles. The Bertz CT molecular complexity index is 1310. The molecule has 0 bridgehead atoms. The van der Waals surface area contributed by atoms with E-state index < -0.39 is 0 Å². The summed E-state index contributed by atoms with van der Waals surface area (Å²) in [6, 6.07) is 28.1. The van der Waals surface area contributed by atoms with Gasteiger partial charge in [-0.2, -0.15) is 0 Å². The van der Waals surface area contributed by atoms with Gasteiger partial charge in [-0.3, -0.25) is 0 Å². The van der Waals surface area contributed by atoms with Gasteiger partial charge in [0.1, 0.15) is 5.75 Å². The molecule has 2 heterocycles. The van der Waals surface area contributed by atoms with Crippen molar-refractivity contribution in [2.24, 2.45) is 0 Å². The average Bonchev–Trinajstić information content (AvgIpc) is 3.28. The molecule has 1 aliphatic heterocycles. The van der Waals surface area contributed by atoms with Crippen molar-refractivity contribution in [3.63, 3.8) is 0 Å². The Morgan fingerprint density at radius 2 is 1.68 bits per heavy atom. The highest BCUT2D eigenvalue weighted by molar-refractivity contribution is 5.91. The van der Waals surface area contributed by atoms with Crippen molar-refractivity contribution >= 4 is 11.7 Å². The molecule has 172 valence electrons. The minimum atomic E-state index is -0.252. The first-order valence-electron chi connectivity index (χ1n) is 11.6. The molecule has 1 N–H and O–H groups in total. The maximum Gasteiger partial charge on any atom is 0.323 e. The smallest absolute Gasteiger partial charge is 0.323 e. The second-order valence-electron chi connectivity index (χ2n) is 8.91. The number of benzene rings is 3. The third kappa shape index (κ3) is 3.94. The topological polar surface area (TPSA) is 46.5 Å². The number of amides is 2. The summed E-state index contributed by atoms with van der Waals surface area (Å²) in [5.41, 5.74) is 6.25. The number of hydrogen-bond acceptors (Lipinski definition) is 2. The van der Waals surface area contributed by atoms with Crippen LogP contribution in [0.3, 0.4) is 0 Å². The number of aromatic nitrogens is 1. The summed E-state index contributed by atoms with van der Waals surface area (Å²) in [6.45, 7) is 4.86. The highest BCUT2D eigenvalue weighted by Gasteiger charge is 2.33. The fourth-order valence-corrected chi connectivity index (χ4v) is 4.69. The molecule has 0 spiro atoms. The minimum absolute atomic E-state index is 0.174. The fourth-order valence-electron chi connectivity index (χ4n) is 4.69. The molecular weight excluding hydrogens is 422 g/mol. The van der Waals surface area contributed by atoms with Crippen LogP contribution in [-0.4, -0.2) is 22.6 Å². The molecule has 5 heteroatoms. The van der Waals surface area contributed by atoms with Gasteiger partial charge in [0, 0.05) is 11.9 Å². The number of hydrogen-bond donors (Lipinski definition) is 1. The van der Waals surface area contributed by atoms with Crippen LogP contribution in [0.4, 0.5) is 10.5 Å². The van der Waals surface area contributed by atoms with Gasteiger partial charge >= 0.3 is 6.03 Å². The maximum atomic E-state index is 13.8. The Kier molecular flexibility index (Phi) is 5.84. The van der Waals surface area contributed by atoms with E-state index in [0.29, 0.717) is 23.9 Å². The molecule has 0 radical (unpaired) electrons. The zero-order valence-electron chi connectivity index (χ0n) is 19.7. The van der Waals surface area contributed by atoms with E-state index in [1.807, 2.05) is 47.4 Å². The molecule has 0 saturated carbocycles. The normalized spacial score (nSPS) is 14.8. The van der Waals surface area contributed by atoms with E-state index in [1.54, 1.807) is 7.11 Å². The van der Waals surface area contributed by atoms with Crippen LogP contribution in [0.2, 0.25) is 0 Å². The Morgan fingerprint density at radius 1 is 0.941 bits per heavy atom. The molecule has 1 unspecified atom stereocenters. The van der Waals surface area contributed by atoms with E-state index in [4.69, 9.17) is 4.74 Å². The van der Waals surface area contributed by atoms with Crippen LogP contribution in [0.15, 0.2) is 91.1 Å². The van der Waals surface area contributed by atoms with Gasteiger partial charge in [0.25, 0.3) is 0 Å². The van der Waals surface area contributed by atoms with E-state index >= 15 is 0 Å². The zero-order valence-corrected chi connectivity index (χ0v) is 19.7. The van der Waals surface area contributed by atoms with Crippen LogP contribution in [0.25, 0.3) is 5.69 Å². The Morgan fingerprint density at radius 3 is 2.44 bits per heavy atom. The number of fused-ring (bicyclic) bond motifs is 3. The molecule has 0 fully saturated rings. The van der Waals surface area contributed by atoms with Gasteiger partial charge < -0.3 is 19.5 Å². The third-order valence-corrected chi connectivity index (χ3v) is 6.49. The Balaban J connectivity index is 1.62. The van der Waals surface area contributed by atoms with Crippen molar-refractivity contribution < 1.29 is 9.53 Å². The van der Waals surface area contributed by atoms with E-state index in [9.17, 15) is 4.79 Å². The van der Waals surface area contributed by atoms with Crippen molar-refractivity contribution in [3.8, 4) is 11.4 Å². The number of methoxy groups -OCH3 is 1. The number of carbonyl (C=O) groups is 1. The van der Waals surface area contributed by atoms with E-state index in [1.165, 1.54) is 5.56 Å². The lowest BCUT2D eigenvalue weighted by molar-refractivity contribution is 0.194. The van der Waals surface area contributed by atoms with Crippen LogP contribution >= 0.6 is 0 Å². The molecule has 1 aromatic heterocycles. The highest BCUT2D eigenvalue weighted by Crippen LogP contribution is 2.37. The largest absolute Gasteiger partial charge is 0.495 e. The first kappa shape index (κ1) is 21.8. The number of carbonyl (C=O) groups excluding carboxylic acids is 1. The molecular formula is C29H29N3O2. The van der Waals surface area contributed by atoms with E-state index in [2.05, 4.69) is 72.4 Å². The number of para-hydroxylation sites is 3. The van der Waals surface area contributed by atoms with E-state index in [-0.39, 0.29) is 12.1 Å². The average molecular weight is 452 g/mol. The Labute approximate surface area is 200 Å². The Hall–Kier alpha value is -3.99. The van der Waals surface area contributed by atoms with Crippen LogP contribution in [0.1, 0.15) is 48.2 Å². The van der Waals surface area contributed by atoms with Crippen LogP contribution in [-0.2, 0) is 6.54 Å². The molecule has 2 amide bonds. The number of rotatable bonds is 4. The molecule has 4 aromatic rings. The quantitative estimate of drug-likeness (QED) is 0.373. The number of anilines is 1. The maximum absolute atomic E-state index is 13.8. The summed E-state index contributed by atoms with van der Waals surface area (Å²) >= 11 is 0. The van der Waals surface area contributed by atoms with Gasteiger partial charge in [-0.15, -0.1) is 0 Å². The molecule has 0 aliphatic carbocycles. The first-order valence-corrected chi connectivity index (χ1v) is 11.6. The zero-order chi connectivity index (χ0) is 23.7. The predicted octanol–water partition coefficient (Wildman–Crippen LogP) is 6.75. The first-order chi connectivity index (χ1) is 16.6. The van der Waals surface area contributed by atoms with Crippen LogP contribution in [0, 0.1) is 0 Å². The summed E-state index contributed by atoms with van der Waals surface area (Å²) in [7, 11) is 1.61. The number of nitrogens with zero attached hydrogens (tertiary/aromatic N) is 2. The summed E-state index contributed by atoms with van der Waals surface area (Å²) < 4.78 is 7.67. The molecule has 5 nitrogen and oxygen atoms in total. The monoisotopic (exact) mass is 451 g/mol. The van der Waals surface area contributed by atoms with Gasteiger partial charge in [-0.25, -0.2) is 4.79 Å². The predicted molar refractivity (Wildman–Crippen MR) is 136 cm³/mol. The third-order valence-electron chi connectivity index (χ3n) is 6.49. The lowest BCUT2D eigenvalue weighted by Crippen LogP contribution is -2.38. The van der Waals surface area contributed by atoms with Crippen LogP contribution in [0.5, 0.6) is 5.75 Å². The van der Waals surface area contributed by atoms with Gasteiger partial charge in [-0.1, -0.05) is 68.4 Å². The second-order valence-corrected chi connectivity index (χ2v) is 8.91. The van der Waals surface area contributed by atoms with Crippen molar-refractivity contribution in [1.82, 2.24) is 9.47 Å². The minimum Gasteiger partial charge on any atom is -0.495 e. The molecule has 5 rings (SSSR count). The number of nitrogens with one attached hydrogen (secondary N) is 1. The van der Waals surface area contributed by atoms with Crippen molar-refractivity contribution in [2.75, 3.05) is 12.4 Å². The summed E-state index contributed by atoms with van der Waals surface area (Å²) in [5, 5.41) is 3.09. The molecule has 3 aromatic carbocycles. The summed E-state index contributed by atoms with van der Waals surface area (Å²) in [4.78, 5) is 15.8. The van der Waals surface area contributed by atoms with Crippen molar-refractivity contribution in [2.45, 2.75) is 32.4 Å². The van der Waals surface area contributed by atoms with Crippen molar-refractivity contribution in [3.05, 3.63) is 114 Å². The van der Waals surface area contributed by atoms with Gasteiger partial charge in [0.05, 0.1) is 31.1 Å². The molecule has 34 heavy (non-hydrogen) atoms. The van der Waals surface area contributed by atoms with Gasteiger partial charge in [0.2, 0.25) is 0 Å². The van der Waals surface area contributed by atoms with E-state index in [0.717, 1.165) is 22.5 Å². The lowest BCUT2D eigenvalue weighted by Gasteiger charge is -2.31. The molecule has 1 atom stereocenters. The second kappa shape index (κ2) is 9.10. The highest BCUT2D eigenvalue weighted by atomic mass is 16.5. The van der Waals surface area contributed by atoms with Crippen molar-refractivity contribution in [1.29, 1.82) is 0 Å². The van der Waals surface area contributed by atoms with Gasteiger partial charge in [0.15, 0.2) is 0 Å². The summed E-state index contributed by atoms with van der Waals surface area (Å²) in [5.74, 6) is 1.08. The number of ether oxygens (including phenoxy) is 1. The summed E-state index contributed by atoms with van der Waals surface area (Å²) in [6.07, 6.45) is 2.07. The lowest BCUT2D eigenvalue weighted by atomic mass is 9.97. The van der Waals surface area contributed by atoms with Gasteiger partial charge in [-0.05, 0) is 52.9 Å². The number of urea groups is 1. The standard InChI is InChI=1S/C29H29N3O2/c1-20(2)21-14-16-22(17-15-21)28-26-12-8-18-31(26)25-11-6-4-9-23(25)19-32(28)29(33)30-24-10-5-7-13-27(24)34-3/h4-18,20,28H,19H2,1-3H3,(H,30,33). The molecule has 1 aliphatic rings. The fraction of sp³-hybridized carbons (Fsp3) is 0.207. The van der Waals surface area contributed by atoms with Crippen LogP contribution < -0.4 is 10.1 Å². The SMILES string of the molecule is COc1ccccc1NC(=O)N1Cc2ccccc2-n2cccc2C1c1ccc(C(C)C)cc1.